The highest BCUT2D eigenvalue weighted by molar-refractivity contribution is 5.94. The average Bonchev–Trinajstić information content (AvgIpc) is 2.42. The molecule has 1 aromatic carbocycles. The van der Waals surface area contributed by atoms with Gasteiger partial charge in [-0.3, -0.25) is 4.79 Å². The number of carboxylic acids is 1. The second kappa shape index (κ2) is 8.02. The van der Waals surface area contributed by atoms with E-state index in [4.69, 9.17) is 5.11 Å². The predicted molar refractivity (Wildman–Crippen MR) is 68.0 cm³/mol. The van der Waals surface area contributed by atoms with Crippen LogP contribution in [0.4, 0.5) is 0 Å². The molecule has 0 spiro atoms. The minimum atomic E-state index is -1.20. The Morgan fingerprint density at radius 1 is 1.37 bits per heavy atom. The van der Waals surface area contributed by atoms with Crippen LogP contribution in [0.15, 0.2) is 36.4 Å². The van der Waals surface area contributed by atoms with Crippen LogP contribution in [0.25, 0.3) is 6.08 Å². The van der Waals surface area contributed by atoms with Crippen molar-refractivity contribution in [1.82, 2.24) is 5.32 Å². The first-order chi connectivity index (χ1) is 9.13. The first-order valence-electron chi connectivity index (χ1n) is 5.55. The van der Waals surface area contributed by atoms with Gasteiger partial charge in [0.2, 0.25) is 5.91 Å². The lowest BCUT2D eigenvalue weighted by atomic mass is 10.2. The zero-order valence-corrected chi connectivity index (χ0v) is 10.4. The molecule has 1 rings (SSSR count). The molecule has 1 unspecified atom stereocenters. The van der Waals surface area contributed by atoms with Gasteiger partial charge in [-0.25, -0.2) is 14.6 Å². The molecule has 0 saturated heterocycles. The molecule has 2 N–H and O–H groups in total. The fourth-order valence-corrected chi connectivity index (χ4v) is 1.27. The van der Waals surface area contributed by atoms with Gasteiger partial charge in [0, 0.05) is 6.08 Å². The highest BCUT2D eigenvalue weighted by Gasteiger charge is 2.19. The first-order valence-corrected chi connectivity index (χ1v) is 5.55. The lowest BCUT2D eigenvalue weighted by Gasteiger charge is -2.11. The molecule has 102 valence electrons. The molecule has 0 bridgehead atoms. The molecule has 0 aliphatic rings. The van der Waals surface area contributed by atoms with Crippen LogP contribution in [-0.2, 0) is 19.4 Å². The maximum absolute atomic E-state index is 11.5. The van der Waals surface area contributed by atoms with E-state index in [1.165, 1.54) is 13.2 Å². The van der Waals surface area contributed by atoms with Crippen molar-refractivity contribution in [1.29, 1.82) is 0 Å². The number of carbonyl (C=O) groups is 2. The van der Waals surface area contributed by atoms with Crippen molar-refractivity contribution in [2.24, 2.45) is 0 Å². The van der Waals surface area contributed by atoms with Crippen LogP contribution >= 0.6 is 0 Å². The molecule has 1 atom stereocenters. The van der Waals surface area contributed by atoms with Crippen molar-refractivity contribution in [2.45, 2.75) is 6.04 Å². The molecule has 0 aliphatic heterocycles. The summed E-state index contributed by atoms with van der Waals surface area (Å²) < 4.78 is 0. The van der Waals surface area contributed by atoms with E-state index in [9.17, 15) is 9.59 Å². The van der Waals surface area contributed by atoms with Gasteiger partial charge in [0.25, 0.3) is 0 Å². The van der Waals surface area contributed by atoms with Gasteiger partial charge in [-0.1, -0.05) is 30.3 Å². The summed E-state index contributed by atoms with van der Waals surface area (Å²) >= 11 is 0. The largest absolute Gasteiger partial charge is 0.480 e. The van der Waals surface area contributed by atoms with E-state index in [0.717, 1.165) is 5.56 Å². The summed E-state index contributed by atoms with van der Waals surface area (Å²) in [5.41, 5.74) is 0.845. The van der Waals surface area contributed by atoms with Crippen molar-refractivity contribution in [2.75, 3.05) is 13.7 Å². The van der Waals surface area contributed by atoms with Crippen LogP contribution in [0.2, 0.25) is 0 Å². The van der Waals surface area contributed by atoms with Crippen molar-refractivity contribution in [3.8, 4) is 0 Å². The normalized spacial score (nSPS) is 12.3. The van der Waals surface area contributed by atoms with E-state index in [2.05, 4.69) is 15.1 Å². The van der Waals surface area contributed by atoms with Gasteiger partial charge in [-0.15, -0.1) is 0 Å². The zero-order valence-electron chi connectivity index (χ0n) is 10.4. The SMILES string of the molecule is COOCC(NC(=O)C=Cc1ccccc1)C(=O)O. The van der Waals surface area contributed by atoms with Crippen LogP contribution in [-0.4, -0.2) is 36.7 Å². The lowest BCUT2D eigenvalue weighted by molar-refractivity contribution is -0.275. The molecule has 0 aliphatic carbocycles. The Morgan fingerprint density at radius 3 is 2.63 bits per heavy atom. The van der Waals surface area contributed by atoms with Crippen molar-refractivity contribution < 1.29 is 24.5 Å². The Bertz CT molecular complexity index is 444. The second-order valence-electron chi connectivity index (χ2n) is 3.59. The van der Waals surface area contributed by atoms with Gasteiger partial charge in [0.15, 0.2) is 6.04 Å². The summed E-state index contributed by atoms with van der Waals surface area (Å²) in [6.45, 7) is -0.267. The van der Waals surface area contributed by atoms with Crippen LogP contribution in [0.3, 0.4) is 0 Å². The van der Waals surface area contributed by atoms with Gasteiger partial charge in [0.1, 0.15) is 6.61 Å². The molecule has 19 heavy (non-hydrogen) atoms. The first kappa shape index (κ1) is 14.9. The highest BCUT2D eigenvalue weighted by Crippen LogP contribution is 2.00. The quantitative estimate of drug-likeness (QED) is 0.433. The lowest BCUT2D eigenvalue weighted by Crippen LogP contribution is -2.43. The average molecular weight is 265 g/mol. The molecule has 0 radical (unpaired) electrons. The molecular weight excluding hydrogens is 250 g/mol. The van der Waals surface area contributed by atoms with E-state index < -0.39 is 17.9 Å². The van der Waals surface area contributed by atoms with Gasteiger partial charge in [-0.2, -0.15) is 0 Å². The number of benzene rings is 1. The number of nitrogens with one attached hydrogen (secondary N) is 1. The van der Waals surface area contributed by atoms with E-state index in [-0.39, 0.29) is 6.61 Å². The highest BCUT2D eigenvalue weighted by atomic mass is 17.2. The van der Waals surface area contributed by atoms with Gasteiger partial charge in [0.05, 0.1) is 7.11 Å². The van der Waals surface area contributed by atoms with E-state index in [1.54, 1.807) is 6.08 Å². The third-order valence-corrected chi connectivity index (χ3v) is 2.19. The Labute approximate surface area is 110 Å². The smallest absolute Gasteiger partial charge is 0.328 e. The van der Waals surface area contributed by atoms with E-state index in [1.807, 2.05) is 30.3 Å². The van der Waals surface area contributed by atoms with E-state index >= 15 is 0 Å². The number of amides is 1. The Kier molecular flexibility index (Phi) is 6.28. The van der Waals surface area contributed by atoms with Crippen molar-refractivity contribution in [3.05, 3.63) is 42.0 Å². The van der Waals surface area contributed by atoms with Crippen molar-refractivity contribution >= 4 is 18.0 Å². The Morgan fingerprint density at radius 2 is 2.05 bits per heavy atom. The Balaban J connectivity index is 2.53. The summed E-state index contributed by atoms with van der Waals surface area (Å²) in [5, 5.41) is 11.2. The summed E-state index contributed by atoms with van der Waals surface area (Å²) in [7, 11) is 1.26. The molecule has 6 nitrogen and oxygen atoms in total. The molecule has 1 aromatic rings. The van der Waals surface area contributed by atoms with Gasteiger partial charge in [-0.05, 0) is 11.6 Å². The number of hydrogen-bond acceptors (Lipinski definition) is 4. The van der Waals surface area contributed by atoms with Crippen LogP contribution < -0.4 is 5.32 Å². The van der Waals surface area contributed by atoms with Crippen LogP contribution in [0.5, 0.6) is 0 Å². The van der Waals surface area contributed by atoms with Crippen molar-refractivity contribution in [3.63, 3.8) is 0 Å². The molecule has 1 amide bonds. The fraction of sp³-hybridized carbons (Fsp3) is 0.231. The predicted octanol–water partition coefficient (Wildman–Crippen LogP) is 0.847. The molecule has 6 heteroatoms. The summed E-state index contributed by atoms with van der Waals surface area (Å²) in [6, 6.07) is 8.03. The third kappa shape index (κ3) is 5.80. The molecule has 0 saturated carbocycles. The number of rotatable bonds is 7. The summed E-state index contributed by atoms with van der Waals surface area (Å²) in [5.74, 6) is -1.71. The Hall–Kier alpha value is -2.18. The van der Waals surface area contributed by atoms with Crippen LogP contribution in [0, 0.1) is 0 Å². The molecule has 0 aromatic heterocycles. The second-order valence-corrected chi connectivity index (χ2v) is 3.59. The zero-order chi connectivity index (χ0) is 14.1. The molecule has 0 heterocycles. The van der Waals surface area contributed by atoms with E-state index in [0.29, 0.717) is 0 Å². The fourth-order valence-electron chi connectivity index (χ4n) is 1.27. The van der Waals surface area contributed by atoms with Gasteiger partial charge < -0.3 is 10.4 Å². The molecule has 0 fully saturated rings. The number of carboxylic acid groups (broad SMARTS) is 1. The number of carbonyl (C=O) groups excluding carboxylic acids is 1. The maximum Gasteiger partial charge on any atom is 0.328 e. The van der Waals surface area contributed by atoms with Crippen LogP contribution in [0.1, 0.15) is 5.56 Å². The van der Waals surface area contributed by atoms with Gasteiger partial charge >= 0.3 is 5.97 Å². The standard InChI is InChI=1S/C13H15NO5/c1-18-19-9-11(13(16)17)14-12(15)8-7-10-5-3-2-4-6-10/h2-8,11H,9H2,1H3,(H,14,15)(H,16,17). The summed E-state index contributed by atoms with van der Waals surface area (Å²) in [6.07, 6.45) is 2.85. The topological polar surface area (TPSA) is 84.9 Å². The number of hydrogen-bond donors (Lipinski definition) is 2. The minimum absolute atomic E-state index is 0.267. The number of aliphatic carboxylic acids is 1. The maximum atomic E-state index is 11.5. The summed E-state index contributed by atoms with van der Waals surface area (Å²) in [4.78, 5) is 31.2. The third-order valence-electron chi connectivity index (χ3n) is 2.19. The minimum Gasteiger partial charge on any atom is -0.480 e. The monoisotopic (exact) mass is 265 g/mol. The molecular formula is C13H15NO5.